The van der Waals surface area contributed by atoms with E-state index in [4.69, 9.17) is 4.74 Å². The smallest absolute Gasteiger partial charge is 0.122 e. The van der Waals surface area contributed by atoms with Crippen molar-refractivity contribution in [2.75, 3.05) is 6.61 Å². The van der Waals surface area contributed by atoms with Crippen LogP contribution in [0.4, 0.5) is 0 Å². The molecule has 0 aromatic carbocycles. The molecule has 0 atom stereocenters. The summed E-state index contributed by atoms with van der Waals surface area (Å²) in [4.78, 5) is 4.24. The molecular weight excluding hydrogens is 162 g/mol. The van der Waals surface area contributed by atoms with Crippen molar-refractivity contribution in [3.8, 4) is 5.75 Å². The van der Waals surface area contributed by atoms with E-state index in [-0.39, 0.29) is 0 Å². The average Bonchev–Trinajstić information content (AvgIpc) is 2.06. The number of aryl methyl sites for hydroxylation is 2. The standard InChI is InChI=1S/C9H13NO.C2H6/c1-4-11-9-5-7(2)10-8(3)6-9;1-2/h5-6H,4H2,1-3H3;1-2H3. The van der Waals surface area contributed by atoms with E-state index in [9.17, 15) is 0 Å². The lowest BCUT2D eigenvalue weighted by molar-refractivity contribution is 0.339. The van der Waals surface area contributed by atoms with Crippen LogP contribution < -0.4 is 4.74 Å². The molecule has 0 aliphatic heterocycles. The third-order valence-corrected chi connectivity index (χ3v) is 1.37. The van der Waals surface area contributed by atoms with Crippen molar-refractivity contribution in [2.45, 2.75) is 34.6 Å². The van der Waals surface area contributed by atoms with Gasteiger partial charge in [-0.25, -0.2) is 0 Å². The summed E-state index contributed by atoms with van der Waals surface area (Å²) in [6.07, 6.45) is 0. The molecule has 0 spiro atoms. The molecule has 0 unspecified atom stereocenters. The van der Waals surface area contributed by atoms with Crippen molar-refractivity contribution >= 4 is 0 Å². The molecule has 0 N–H and O–H groups in total. The zero-order valence-corrected chi connectivity index (χ0v) is 9.22. The Kier molecular flexibility index (Phi) is 5.94. The maximum absolute atomic E-state index is 5.33. The summed E-state index contributed by atoms with van der Waals surface area (Å²) in [5, 5.41) is 0. The highest BCUT2D eigenvalue weighted by Crippen LogP contribution is 2.12. The molecular formula is C11H19NO. The quantitative estimate of drug-likeness (QED) is 0.699. The van der Waals surface area contributed by atoms with E-state index in [1.54, 1.807) is 0 Å². The molecule has 0 radical (unpaired) electrons. The minimum atomic E-state index is 0.711. The number of pyridine rings is 1. The molecule has 2 heteroatoms. The number of ether oxygens (including phenoxy) is 1. The number of nitrogens with zero attached hydrogens (tertiary/aromatic N) is 1. The Morgan fingerprint density at radius 2 is 1.62 bits per heavy atom. The zero-order valence-electron chi connectivity index (χ0n) is 9.22. The molecule has 1 aromatic heterocycles. The molecule has 0 bridgehead atoms. The van der Waals surface area contributed by atoms with Crippen molar-refractivity contribution in [3.63, 3.8) is 0 Å². The van der Waals surface area contributed by atoms with Gasteiger partial charge in [0, 0.05) is 23.5 Å². The van der Waals surface area contributed by atoms with Gasteiger partial charge in [-0.2, -0.15) is 0 Å². The van der Waals surface area contributed by atoms with Gasteiger partial charge in [-0.05, 0) is 20.8 Å². The van der Waals surface area contributed by atoms with Crippen LogP contribution in [0, 0.1) is 13.8 Å². The number of rotatable bonds is 2. The van der Waals surface area contributed by atoms with Crippen LogP contribution in [0.15, 0.2) is 12.1 Å². The van der Waals surface area contributed by atoms with Crippen LogP contribution in [0.25, 0.3) is 0 Å². The van der Waals surface area contributed by atoms with E-state index in [0.29, 0.717) is 6.61 Å². The van der Waals surface area contributed by atoms with Gasteiger partial charge in [0.1, 0.15) is 5.75 Å². The minimum absolute atomic E-state index is 0.711. The molecule has 0 fully saturated rings. The molecule has 13 heavy (non-hydrogen) atoms. The van der Waals surface area contributed by atoms with E-state index >= 15 is 0 Å². The highest BCUT2D eigenvalue weighted by Gasteiger charge is 1.95. The lowest BCUT2D eigenvalue weighted by Gasteiger charge is -2.03. The van der Waals surface area contributed by atoms with Crippen LogP contribution >= 0.6 is 0 Å². The number of hydrogen-bond acceptors (Lipinski definition) is 2. The Balaban J connectivity index is 0.000000671. The molecule has 1 rings (SSSR count). The second kappa shape index (κ2) is 6.46. The normalized spacial score (nSPS) is 8.69. The summed E-state index contributed by atoms with van der Waals surface area (Å²) >= 11 is 0. The average molecular weight is 181 g/mol. The van der Waals surface area contributed by atoms with Crippen molar-refractivity contribution in [1.29, 1.82) is 0 Å². The predicted octanol–water partition coefficient (Wildman–Crippen LogP) is 3.12. The summed E-state index contributed by atoms with van der Waals surface area (Å²) in [5.41, 5.74) is 2.02. The topological polar surface area (TPSA) is 22.1 Å². The lowest BCUT2D eigenvalue weighted by atomic mass is 10.3. The van der Waals surface area contributed by atoms with Crippen LogP contribution in [0.2, 0.25) is 0 Å². The third-order valence-electron chi connectivity index (χ3n) is 1.37. The Bertz CT molecular complexity index is 226. The fraction of sp³-hybridized carbons (Fsp3) is 0.545. The van der Waals surface area contributed by atoms with Gasteiger partial charge in [0.25, 0.3) is 0 Å². The van der Waals surface area contributed by atoms with E-state index in [0.717, 1.165) is 17.1 Å². The number of hydrogen-bond donors (Lipinski definition) is 0. The lowest BCUT2D eigenvalue weighted by Crippen LogP contribution is -1.94. The van der Waals surface area contributed by atoms with Gasteiger partial charge in [0.2, 0.25) is 0 Å². The van der Waals surface area contributed by atoms with Gasteiger partial charge in [0.15, 0.2) is 0 Å². The first-order valence-corrected chi connectivity index (χ1v) is 4.80. The van der Waals surface area contributed by atoms with Crippen molar-refractivity contribution < 1.29 is 4.74 Å². The predicted molar refractivity (Wildman–Crippen MR) is 56.2 cm³/mol. The molecule has 1 heterocycles. The van der Waals surface area contributed by atoms with Gasteiger partial charge >= 0.3 is 0 Å². The molecule has 0 saturated heterocycles. The Morgan fingerprint density at radius 3 is 2.00 bits per heavy atom. The minimum Gasteiger partial charge on any atom is -0.494 e. The maximum Gasteiger partial charge on any atom is 0.122 e. The van der Waals surface area contributed by atoms with Gasteiger partial charge < -0.3 is 4.74 Å². The van der Waals surface area contributed by atoms with Crippen molar-refractivity contribution in [1.82, 2.24) is 4.98 Å². The number of aromatic nitrogens is 1. The highest BCUT2D eigenvalue weighted by atomic mass is 16.5. The summed E-state index contributed by atoms with van der Waals surface area (Å²) in [6.45, 7) is 10.6. The molecule has 0 amide bonds. The fourth-order valence-electron chi connectivity index (χ4n) is 1.05. The van der Waals surface area contributed by atoms with E-state index in [1.165, 1.54) is 0 Å². The van der Waals surface area contributed by atoms with Gasteiger partial charge in [-0.1, -0.05) is 13.8 Å². The van der Waals surface area contributed by atoms with E-state index in [2.05, 4.69) is 4.98 Å². The zero-order chi connectivity index (χ0) is 10.3. The largest absolute Gasteiger partial charge is 0.494 e. The first kappa shape index (κ1) is 11.9. The maximum atomic E-state index is 5.33. The Morgan fingerprint density at radius 1 is 1.15 bits per heavy atom. The first-order valence-electron chi connectivity index (χ1n) is 4.80. The summed E-state index contributed by atoms with van der Waals surface area (Å²) in [6, 6.07) is 3.88. The fourth-order valence-corrected chi connectivity index (χ4v) is 1.05. The molecule has 0 aliphatic carbocycles. The van der Waals surface area contributed by atoms with Crippen LogP contribution in [0.3, 0.4) is 0 Å². The molecule has 1 aromatic rings. The Labute approximate surface area is 81.0 Å². The van der Waals surface area contributed by atoms with Crippen LogP contribution in [-0.4, -0.2) is 11.6 Å². The SMILES string of the molecule is CC.CCOc1cc(C)nc(C)c1. The summed E-state index contributed by atoms with van der Waals surface area (Å²) in [5.74, 6) is 0.914. The second-order valence-electron chi connectivity index (χ2n) is 2.52. The molecule has 0 aliphatic rings. The molecule has 0 saturated carbocycles. The van der Waals surface area contributed by atoms with Crippen molar-refractivity contribution in [2.24, 2.45) is 0 Å². The van der Waals surface area contributed by atoms with Crippen LogP contribution in [-0.2, 0) is 0 Å². The molecule has 74 valence electrons. The van der Waals surface area contributed by atoms with Gasteiger partial charge in [-0.15, -0.1) is 0 Å². The summed E-state index contributed by atoms with van der Waals surface area (Å²) < 4.78 is 5.33. The highest BCUT2D eigenvalue weighted by molar-refractivity contribution is 5.25. The van der Waals surface area contributed by atoms with Gasteiger partial charge in [0.05, 0.1) is 6.61 Å². The van der Waals surface area contributed by atoms with Crippen molar-refractivity contribution in [3.05, 3.63) is 23.5 Å². The van der Waals surface area contributed by atoms with Crippen LogP contribution in [0.5, 0.6) is 5.75 Å². The van der Waals surface area contributed by atoms with Crippen LogP contribution in [0.1, 0.15) is 32.2 Å². The molecule has 2 nitrogen and oxygen atoms in total. The first-order chi connectivity index (χ1) is 6.22. The Hall–Kier alpha value is -1.05. The monoisotopic (exact) mass is 181 g/mol. The van der Waals surface area contributed by atoms with E-state index < -0.39 is 0 Å². The third kappa shape index (κ3) is 4.51. The summed E-state index contributed by atoms with van der Waals surface area (Å²) in [7, 11) is 0. The second-order valence-corrected chi connectivity index (χ2v) is 2.52. The van der Waals surface area contributed by atoms with Gasteiger partial charge in [-0.3, -0.25) is 4.98 Å². The van der Waals surface area contributed by atoms with E-state index in [1.807, 2.05) is 46.8 Å².